The van der Waals surface area contributed by atoms with Gasteiger partial charge in [-0.2, -0.15) is 0 Å². The van der Waals surface area contributed by atoms with Crippen molar-refractivity contribution in [2.45, 2.75) is 5.92 Å². The highest BCUT2D eigenvalue weighted by Crippen LogP contribution is 2.44. The van der Waals surface area contributed by atoms with Crippen LogP contribution < -0.4 is 11.3 Å². The molecule has 0 saturated heterocycles. The third kappa shape index (κ3) is 3.58. The largest absolute Gasteiger partial charge is 0.507 e. The first-order valence-electron chi connectivity index (χ1n) is 10.2. The molecule has 2 aromatic heterocycles. The molecule has 2 N–H and O–H groups in total. The van der Waals surface area contributed by atoms with E-state index >= 15 is 0 Å². The summed E-state index contributed by atoms with van der Waals surface area (Å²) >= 11 is 6.38. The van der Waals surface area contributed by atoms with Crippen LogP contribution in [0.2, 0.25) is 5.02 Å². The summed E-state index contributed by atoms with van der Waals surface area (Å²) < 4.78 is 10.8. The Morgan fingerprint density at radius 2 is 1.29 bits per heavy atom. The molecule has 174 valence electrons. The van der Waals surface area contributed by atoms with Crippen molar-refractivity contribution >= 4 is 39.2 Å². The summed E-state index contributed by atoms with van der Waals surface area (Å²) in [5.41, 5.74) is -2.87. The SMILES string of the molecule is O=c1oc2ccccc2c(O)c1C(c1ccc([N+](=O)[O-])cc1Cl)c1c(O)c2ccccc2oc1=O. The van der Waals surface area contributed by atoms with E-state index in [4.69, 9.17) is 20.4 Å². The van der Waals surface area contributed by atoms with Crippen LogP contribution in [0.3, 0.4) is 0 Å². The highest BCUT2D eigenvalue weighted by atomic mass is 35.5. The Balaban J connectivity index is 1.92. The molecule has 0 amide bonds. The summed E-state index contributed by atoms with van der Waals surface area (Å²) in [5.74, 6) is -2.48. The number of nitrogens with zero attached hydrogens (tertiary/aromatic N) is 1. The maximum absolute atomic E-state index is 13.1. The number of nitro benzene ring substituents is 1. The van der Waals surface area contributed by atoms with Gasteiger partial charge in [0.2, 0.25) is 0 Å². The second kappa shape index (κ2) is 8.30. The molecule has 0 aliphatic rings. The number of para-hydroxylation sites is 2. The maximum Gasteiger partial charge on any atom is 0.344 e. The summed E-state index contributed by atoms with van der Waals surface area (Å²) in [6.07, 6.45) is 0. The van der Waals surface area contributed by atoms with Crippen LogP contribution in [0.25, 0.3) is 21.9 Å². The predicted octanol–water partition coefficient (Wildman–Crippen LogP) is 5.05. The lowest BCUT2D eigenvalue weighted by Crippen LogP contribution is -2.21. The Bertz CT molecular complexity index is 1670. The van der Waals surface area contributed by atoms with E-state index in [-0.39, 0.29) is 38.2 Å². The Morgan fingerprint density at radius 1 is 0.800 bits per heavy atom. The summed E-state index contributed by atoms with van der Waals surface area (Å²) in [5, 5.41) is 33.6. The summed E-state index contributed by atoms with van der Waals surface area (Å²) in [7, 11) is 0. The maximum atomic E-state index is 13.1. The smallest absolute Gasteiger partial charge is 0.344 e. The normalized spacial score (nSPS) is 11.4. The minimum atomic E-state index is -1.48. The van der Waals surface area contributed by atoms with E-state index in [0.717, 1.165) is 12.1 Å². The molecule has 0 aliphatic heterocycles. The number of nitro groups is 1. The van der Waals surface area contributed by atoms with E-state index in [0.29, 0.717) is 0 Å². The molecule has 0 spiro atoms. The molecular formula is C25H14ClNO8. The van der Waals surface area contributed by atoms with Crippen molar-refractivity contribution in [1.82, 2.24) is 0 Å². The van der Waals surface area contributed by atoms with Crippen LogP contribution in [0.5, 0.6) is 11.5 Å². The van der Waals surface area contributed by atoms with Crippen LogP contribution in [0.15, 0.2) is 85.2 Å². The van der Waals surface area contributed by atoms with Gasteiger partial charge < -0.3 is 19.0 Å². The highest BCUT2D eigenvalue weighted by Gasteiger charge is 2.34. The van der Waals surface area contributed by atoms with E-state index in [1.54, 1.807) is 24.3 Å². The summed E-state index contributed by atoms with van der Waals surface area (Å²) in [6, 6.07) is 15.8. The van der Waals surface area contributed by atoms with E-state index in [1.165, 1.54) is 30.3 Å². The van der Waals surface area contributed by atoms with Crippen molar-refractivity contribution in [3.8, 4) is 11.5 Å². The minimum Gasteiger partial charge on any atom is -0.507 e. The van der Waals surface area contributed by atoms with Crippen molar-refractivity contribution in [3.63, 3.8) is 0 Å². The number of aromatic hydroxyl groups is 2. The molecule has 0 fully saturated rings. The second-order valence-corrected chi connectivity index (χ2v) is 8.10. The lowest BCUT2D eigenvalue weighted by atomic mass is 9.84. The fraction of sp³-hybridized carbons (Fsp3) is 0.0400. The third-order valence-electron chi connectivity index (χ3n) is 5.72. The number of benzene rings is 3. The van der Waals surface area contributed by atoms with Gasteiger partial charge in [0.1, 0.15) is 22.7 Å². The van der Waals surface area contributed by atoms with Crippen molar-refractivity contribution in [1.29, 1.82) is 0 Å². The molecule has 35 heavy (non-hydrogen) atoms. The topological polar surface area (TPSA) is 144 Å². The van der Waals surface area contributed by atoms with Crippen LogP contribution in [0.4, 0.5) is 5.69 Å². The van der Waals surface area contributed by atoms with Gasteiger partial charge in [-0.1, -0.05) is 35.9 Å². The van der Waals surface area contributed by atoms with Gasteiger partial charge in [0.05, 0.1) is 37.8 Å². The van der Waals surface area contributed by atoms with Gasteiger partial charge in [-0.15, -0.1) is 0 Å². The van der Waals surface area contributed by atoms with E-state index in [1.807, 2.05) is 0 Å². The molecule has 5 rings (SSSR count). The minimum absolute atomic E-state index is 0.0352. The zero-order valence-electron chi connectivity index (χ0n) is 17.6. The average Bonchev–Trinajstić information content (AvgIpc) is 2.83. The second-order valence-electron chi connectivity index (χ2n) is 7.69. The standard InChI is InChI=1S/C25H14ClNO8/c26-16-11-12(27(32)33)9-10-13(16)19(20-22(28)14-5-1-3-7-17(14)34-24(20)30)21-23(29)15-6-2-4-8-18(15)35-25(21)31/h1-11,19,28-29H. The van der Waals surface area contributed by atoms with Crippen LogP contribution in [0, 0.1) is 10.1 Å². The Kier molecular flexibility index (Phi) is 5.26. The quantitative estimate of drug-likeness (QED) is 0.202. The summed E-state index contributed by atoms with van der Waals surface area (Å²) in [4.78, 5) is 36.8. The number of hydrogen-bond donors (Lipinski definition) is 2. The first kappa shape index (κ1) is 22.2. The Labute approximate surface area is 200 Å². The zero-order chi connectivity index (χ0) is 24.9. The van der Waals surface area contributed by atoms with Gasteiger partial charge in [-0.25, -0.2) is 9.59 Å². The fourth-order valence-electron chi connectivity index (χ4n) is 4.12. The van der Waals surface area contributed by atoms with Crippen molar-refractivity contribution in [2.75, 3.05) is 0 Å². The molecule has 0 radical (unpaired) electrons. The van der Waals surface area contributed by atoms with Gasteiger partial charge in [-0.05, 0) is 35.9 Å². The lowest BCUT2D eigenvalue weighted by molar-refractivity contribution is -0.384. The van der Waals surface area contributed by atoms with Crippen LogP contribution >= 0.6 is 11.6 Å². The van der Waals surface area contributed by atoms with Gasteiger partial charge in [0.15, 0.2) is 0 Å². The van der Waals surface area contributed by atoms with Crippen molar-refractivity contribution in [3.05, 3.63) is 119 Å². The molecule has 0 atom stereocenters. The number of halogens is 1. The lowest BCUT2D eigenvalue weighted by Gasteiger charge is -2.20. The number of rotatable bonds is 4. The molecule has 0 aliphatic carbocycles. The van der Waals surface area contributed by atoms with Crippen LogP contribution in [-0.2, 0) is 0 Å². The van der Waals surface area contributed by atoms with Gasteiger partial charge >= 0.3 is 11.3 Å². The molecule has 0 bridgehead atoms. The molecule has 9 nitrogen and oxygen atoms in total. The Morgan fingerprint density at radius 3 is 1.74 bits per heavy atom. The molecule has 5 aromatic rings. The number of fused-ring (bicyclic) bond motifs is 2. The molecule has 0 saturated carbocycles. The molecule has 3 aromatic carbocycles. The molecule has 10 heteroatoms. The van der Waals surface area contributed by atoms with Crippen LogP contribution in [0.1, 0.15) is 22.6 Å². The van der Waals surface area contributed by atoms with E-state index < -0.39 is 44.7 Å². The van der Waals surface area contributed by atoms with Crippen molar-refractivity contribution < 1.29 is 24.0 Å². The number of non-ortho nitro benzene ring substituents is 1. The monoisotopic (exact) mass is 491 g/mol. The third-order valence-corrected chi connectivity index (χ3v) is 6.05. The Hall–Kier alpha value is -4.63. The van der Waals surface area contributed by atoms with Crippen LogP contribution in [-0.4, -0.2) is 15.1 Å². The van der Waals surface area contributed by atoms with Gasteiger partial charge in [0, 0.05) is 12.1 Å². The van der Waals surface area contributed by atoms with Gasteiger partial charge in [0.25, 0.3) is 5.69 Å². The molecule has 2 heterocycles. The molecule has 0 unspecified atom stereocenters. The first-order valence-corrected chi connectivity index (χ1v) is 10.6. The fourth-order valence-corrected chi connectivity index (χ4v) is 4.41. The van der Waals surface area contributed by atoms with Gasteiger partial charge in [-0.3, -0.25) is 10.1 Å². The van der Waals surface area contributed by atoms with Crippen molar-refractivity contribution in [2.24, 2.45) is 0 Å². The predicted molar refractivity (Wildman–Crippen MR) is 127 cm³/mol. The van der Waals surface area contributed by atoms with E-state index in [2.05, 4.69) is 0 Å². The average molecular weight is 492 g/mol. The number of hydrogen-bond acceptors (Lipinski definition) is 8. The summed E-state index contributed by atoms with van der Waals surface area (Å²) in [6.45, 7) is 0. The highest BCUT2D eigenvalue weighted by molar-refractivity contribution is 6.31. The first-order chi connectivity index (χ1) is 16.8. The molecular weight excluding hydrogens is 478 g/mol. The zero-order valence-corrected chi connectivity index (χ0v) is 18.4. The van der Waals surface area contributed by atoms with E-state index in [9.17, 15) is 29.9 Å².